The molecule has 90 valence electrons. The van der Waals surface area contributed by atoms with E-state index in [0.29, 0.717) is 6.04 Å². The maximum atomic E-state index is 9.78. The second-order valence-electron chi connectivity index (χ2n) is 4.93. The van der Waals surface area contributed by atoms with Crippen molar-refractivity contribution in [2.45, 2.75) is 51.3 Å². The Morgan fingerprint density at radius 2 is 2.20 bits per heavy atom. The molecule has 0 aromatic heterocycles. The van der Waals surface area contributed by atoms with Gasteiger partial charge >= 0.3 is 0 Å². The van der Waals surface area contributed by atoms with Crippen molar-refractivity contribution in [3.63, 3.8) is 0 Å². The Morgan fingerprint density at radius 1 is 1.53 bits per heavy atom. The van der Waals surface area contributed by atoms with Gasteiger partial charge in [0.1, 0.15) is 0 Å². The quantitative estimate of drug-likeness (QED) is 0.744. The highest BCUT2D eigenvalue weighted by Gasteiger charge is 2.25. The second-order valence-corrected chi connectivity index (χ2v) is 4.93. The highest BCUT2D eigenvalue weighted by Crippen LogP contribution is 2.17. The first kappa shape index (κ1) is 12.9. The van der Waals surface area contributed by atoms with Gasteiger partial charge < -0.3 is 10.0 Å². The summed E-state index contributed by atoms with van der Waals surface area (Å²) in [6.45, 7) is 6.46. The standard InChI is InChI=1S/C12H26N2O/c1-5-12(15)10(2)14(4)9-11-7-6-8-13(11)3/h10-12,15H,5-9H2,1-4H3. The van der Waals surface area contributed by atoms with Gasteiger partial charge in [-0.3, -0.25) is 4.90 Å². The molecule has 0 saturated carbocycles. The normalized spacial score (nSPS) is 27.2. The summed E-state index contributed by atoms with van der Waals surface area (Å²) in [5, 5.41) is 9.78. The van der Waals surface area contributed by atoms with E-state index in [1.54, 1.807) is 0 Å². The second kappa shape index (κ2) is 5.83. The number of aliphatic hydroxyl groups excluding tert-OH is 1. The van der Waals surface area contributed by atoms with Crippen LogP contribution in [0, 0.1) is 0 Å². The number of hydrogen-bond donors (Lipinski definition) is 1. The van der Waals surface area contributed by atoms with E-state index in [0.717, 1.165) is 13.0 Å². The molecule has 1 saturated heterocycles. The highest BCUT2D eigenvalue weighted by atomic mass is 16.3. The molecule has 3 unspecified atom stereocenters. The van der Waals surface area contributed by atoms with Crippen molar-refractivity contribution in [3.05, 3.63) is 0 Å². The molecule has 1 aliphatic rings. The monoisotopic (exact) mass is 214 g/mol. The molecule has 0 radical (unpaired) electrons. The molecule has 3 nitrogen and oxygen atoms in total. The Labute approximate surface area is 94.1 Å². The first-order valence-electron chi connectivity index (χ1n) is 6.14. The van der Waals surface area contributed by atoms with Crippen molar-refractivity contribution in [2.24, 2.45) is 0 Å². The summed E-state index contributed by atoms with van der Waals surface area (Å²) in [5.74, 6) is 0. The van der Waals surface area contributed by atoms with Gasteiger partial charge in [-0.15, -0.1) is 0 Å². The fraction of sp³-hybridized carbons (Fsp3) is 1.00. The van der Waals surface area contributed by atoms with Gasteiger partial charge in [0.2, 0.25) is 0 Å². The number of nitrogens with zero attached hydrogens (tertiary/aromatic N) is 2. The number of likely N-dealkylation sites (N-methyl/N-ethyl adjacent to an activating group) is 2. The first-order valence-corrected chi connectivity index (χ1v) is 6.14. The van der Waals surface area contributed by atoms with E-state index in [4.69, 9.17) is 0 Å². The highest BCUT2D eigenvalue weighted by molar-refractivity contribution is 4.81. The molecule has 0 bridgehead atoms. The van der Waals surface area contributed by atoms with Crippen LogP contribution in [0.1, 0.15) is 33.1 Å². The van der Waals surface area contributed by atoms with Crippen LogP contribution in [0.25, 0.3) is 0 Å². The van der Waals surface area contributed by atoms with Gasteiger partial charge in [-0.1, -0.05) is 6.92 Å². The summed E-state index contributed by atoms with van der Waals surface area (Å²) < 4.78 is 0. The van der Waals surface area contributed by atoms with Gasteiger partial charge in [0.25, 0.3) is 0 Å². The maximum absolute atomic E-state index is 9.78. The predicted molar refractivity (Wildman–Crippen MR) is 64.0 cm³/mol. The maximum Gasteiger partial charge on any atom is 0.0690 e. The van der Waals surface area contributed by atoms with Gasteiger partial charge in [0, 0.05) is 18.6 Å². The van der Waals surface area contributed by atoms with Crippen molar-refractivity contribution in [3.8, 4) is 0 Å². The zero-order valence-electron chi connectivity index (χ0n) is 10.6. The zero-order valence-corrected chi connectivity index (χ0v) is 10.6. The minimum Gasteiger partial charge on any atom is -0.392 e. The average Bonchev–Trinajstić information content (AvgIpc) is 2.62. The van der Waals surface area contributed by atoms with Crippen LogP contribution in [0.5, 0.6) is 0 Å². The van der Waals surface area contributed by atoms with Crippen molar-refractivity contribution < 1.29 is 5.11 Å². The van der Waals surface area contributed by atoms with Crippen LogP contribution in [0.3, 0.4) is 0 Å². The van der Waals surface area contributed by atoms with Gasteiger partial charge in [-0.05, 0) is 46.8 Å². The lowest BCUT2D eigenvalue weighted by atomic mass is 10.1. The van der Waals surface area contributed by atoms with E-state index in [-0.39, 0.29) is 12.1 Å². The molecule has 1 N–H and O–H groups in total. The van der Waals surface area contributed by atoms with E-state index in [1.165, 1.54) is 19.4 Å². The zero-order chi connectivity index (χ0) is 11.4. The van der Waals surface area contributed by atoms with Crippen molar-refractivity contribution in [2.75, 3.05) is 27.2 Å². The molecule has 3 atom stereocenters. The molecular formula is C12H26N2O. The fourth-order valence-electron chi connectivity index (χ4n) is 2.34. The lowest BCUT2D eigenvalue weighted by Gasteiger charge is -2.32. The molecule has 3 heteroatoms. The number of likely N-dealkylation sites (tertiary alicyclic amines) is 1. The molecule has 0 amide bonds. The van der Waals surface area contributed by atoms with Gasteiger partial charge in [-0.2, -0.15) is 0 Å². The van der Waals surface area contributed by atoms with E-state index in [2.05, 4.69) is 30.8 Å². The summed E-state index contributed by atoms with van der Waals surface area (Å²) in [7, 11) is 4.32. The van der Waals surface area contributed by atoms with E-state index in [9.17, 15) is 5.11 Å². The van der Waals surface area contributed by atoms with E-state index >= 15 is 0 Å². The molecule has 1 rings (SSSR count). The topological polar surface area (TPSA) is 26.7 Å². The molecule has 0 aliphatic carbocycles. The Kier molecular flexibility index (Phi) is 5.03. The van der Waals surface area contributed by atoms with Gasteiger partial charge in [-0.25, -0.2) is 0 Å². The summed E-state index contributed by atoms with van der Waals surface area (Å²) in [6.07, 6.45) is 3.27. The third-order valence-electron chi connectivity index (χ3n) is 3.84. The molecule has 0 aromatic carbocycles. The van der Waals surface area contributed by atoms with Crippen molar-refractivity contribution in [1.82, 2.24) is 9.80 Å². The molecule has 15 heavy (non-hydrogen) atoms. The Balaban J connectivity index is 2.37. The predicted octanol–water partition coefficient (Wildman–Crippen LogP) is 1.17. The lowest BCUT2D eigenvalue weighted by molar-refractivity contribution is 0.0590. The van der Waals surface area contributed by atoms with Crippen LogP contribution in [0.4, 0.5) is 0 Å². The molecule has 1 aliphatic heterocycles. The minimum atomic E-state index is -0.193. The summed E-state index contributed by atoms with van der Waals surface area (Å²) >= 11 is 0. The SMILES string of the molecule is CCC(O)C(C)N(C)CC1CCCN1C. The molecule has 1 heterocycles. The Morgan fingerprint density at radius 3 is 2.67 bits per heavy atom. The van der Waals surface area contributed by atoms with Crippen LogP contribution < -0.4 is 0 Å². The minimum absolute atomic E-state index is 0.193. The Hall–Kier alpha value is -0.120. The lowest BCUT2D eigenvalue weighted by Crippen LogP contribution is -2.45. The number of aliphatic hydroxyl groups is 1. The average molecular weight is 214 g/mol. The van der Waals surface area contributed by atoms with Crippen LogP contribution in [0.15, 0.2) is 0 Å². The summed E-state index contributed by atoms with van der Waals surface area (Å²) in [4.78, 5) is 4.72. The molecule has 0 aromatic rings. The van der Waals surface area contributed by atoms with Crippen LogP contribution in [-0.2, 0) is 0 Å². The third kappa shape index (κ3) is 3.44. The molecular weight excluding hydrogens is 188 g/mol. The fourth-order valence-corrected chi connectivity index (χ4v) is 2.34. The van der Waals surface area contributed by atoms with Crippen molar-refractivity contribution in [1.29, 1.82) is 0 Å². The van der Waals surface area contributed by atoms with Gasteiger partial charge in [0.15, 0.2) is 0 Å². The Bertz CT molecular complexity index is 186. The summed E-state index contributed by atoms with van der Waals surface area (Å²) in [6, 6.07) is 0.950. The number of hydrogen-bond acceptors (Lipinski definition) is 3. The van der Waals surface area contributed by atoms with Crippen LogP contribution in [-0.4, -0.2) is 60.3 Å². The van der Waals surface area contributed by atoms with Gasteiger partial charge in [0.05, 0.1) is 6.10 Å². The largest absolute Gasteiger partial charge is 0.392 e. The van der Waals surface area contributed by atoms with E-state index < -0.39 is 0 Å². The third-order valence-corrected chi connectivity index (χ3v) is 3.84. The van der Waals surface area contributed by atoms with Crippen LogP contribution in [0.2, 0.25) is 0 Å². The van der Waals surface area contributed by atoms with E-state index in [1.807, 2.05) is 6.92 Å². The first-order chi connectivity index (χ1) is 7.06. The number of rotatable bonds is 5. The summed E-state index contributed by atoms with van der Waals surface area (Å²) in [5.41, 5.74) is 0. The molecule has 0 spiro atoms. The smallest absolute Gasteiger partial charge is 0.0690 e. The molecule has 1 fully saturated rings. The van der Waals surface area contributed by atoms with Crippen molar-refractivity contribution >= 4 is 0 Å². The van der Waals surface area contributed by atoms with Crippen LogP contribution >= 0.6 is 0 Å².